The van der Waals surface area contributed by atoms with Gasteiger partial charge in [0.1, 0.15) is 73.2 Å². The number of hydrogen-bond acceptors (Lipinski definition) is 21. The molecule has 0 bridgehead atoms. The summed E-state index contributed by atoms with van der Waals surface area (Å²) in [4.78, 5) is 39.3. The van der Waals surface area contributed by atoms with Crippen molar-refractivity contribution in [3.63, 3.8) is 0 Å². The number of benzene rings is 9. The molecule has 0 radical (unpaired) electrons. The maximum atomic E-state index is 13.2. The molecule has 3 heterocycles. The fraction of sp³-hybridized carbons (Fsp3) is 0.382. The van der Waals surface area contributed by atoms with Crippen LogP contribution in [0.1, 0.15) is 77.8 Å². The van der Waals surface area contributed by atoms with Crippen molar-refractivity contribution in [1.82, 2.24) is 0 Å². The predicted molar refractivity (Wildman–Crippen MR) is 428 cm³/mol. The second-order valence-electron chi connectivity index (χ2n) is 29.5. The normalized spacial score (nSPS) is 24.6. The molecule has 3 unspecified atom stereocenters. The Labute approximate surface area is 666 Å². The number of hydrogen-bond donors (Lipinski definition) is 2. The zero-order valence-corrected chi connectivity index (χ0v) is 67.5. The highest BCUT2D eigenvalue weighted by molar-refractivity contribution is 7.40. The van der Waals surface area contributed by atoms with Crippen LogP contribution in [0.3, 0.4) is 0 Å². The minimum Gasteiger partial charge on any atom is -0.433 e. The molecule has 21 nitrogen and oxygen atoms in total. The van der Waals surface area contributed by atoms with Gasteiger partial charge in [-0.15, -0.1) is 0 Å². The van der Waals surface area contributed by atoms with Gasteiger partial charge in [0.15, 0.2) is 20.9 Å². The van der Waals surface area contributed by atoms with E-state index in [1.54, 1.807) is 0 Å². The number of esters is 1. The van der Waals surface area contributed by atoms with Crippen molar-refractivity contribution in [2.24, 2.45) is 0 Å². The zero-order valence-electron chi connectivity index (χ0n) is 64.7. The second kappa shape index (κ2) is 43.6. The maximum Gasteiger partial charge on any atom is 0.332 e. The maximum absolute atomic E-state index is 13.2. The van der Waals surface area contributed by atoms with E-state index in [1.807, 2.05) is 273 Å². The van der Waals surface area contributed by atoms with E-state index < -0.39 is 124 Å². The Bertz CT molecular complexity index is 4140. The average Bonchev–Trinajstić information content (AvgIpc) is 0.777. The first-order valence-electron chi connectivity index (χ1n) is 38.3. The summed E-state index contributed by atoms with van der Waals surface area (Å²) in [5, 5.41) is -0.264. The first kappa shape index (κ1) is 85.1. The summed E-state index contributed by atoms with van der Waals surface area (Å²) in [6, 6.07) is 86.8. The predicted octanol–water partition coefficient (Wildman–Crippen LogP) is 16.5. The van der Waals surface area contributed by atoms with Crippen LogP contribution in [0, 0.1) is 0 Å². The Kier molecular flexibility index (Phi) is 32.9. The lowest BCUT2D eigenvalue weighted by molar-refractivity contribution is -0.315. The summed E-state index contributed by atoms with van der Waals surface area (Å²) in [6.07, 6.45) is -17.8. The van der Waals surface area contributed by atoms with Crippen molar-refractivity contribution in [3.05, 3.63) is 323 Å². The van der Waals surface area contributed by atoms with Crippen LogP contribution in [0.15, 0.2) is 273 Å². The molecule has 24 heteroatoms. The highest BCUT2D eigenvalue weighted by Crippen LogP contribution is 2.49. The summed E-state index contributed by atoms with van der Waals surface area (Å²) in [6.45, 7) is 12.7. The molecule has 17 atom stereocenters. The highest BCUT2D eigenvalue weighted by Gasteiger charge is 2.57. The first-order chi connectivity index (χ1) is 55.1. The Hall–Kier alpha value is -7.23. The summed E-state index contributed by atoms with van der Waals surface area (Å²) in [5.74, 6) is -0.641. The highest BCUT2D eigenvalue weighted by atomic mass is 31.2. The molecule has 12 rings (SSSR count). The largest absolute Gasteiger partial charge is 0.433 e. The summed E-state index contributed by atoms with van der Waals surface area (Å²) >= 11 is 0. The lowest BCUT2D eigenvalue weighted by atomic mass is 9.98. The Balaban J connectivity index is 0.915. The molecular weight excluding hydrogens is 1490 g/mol. The lowest BCUT2D eigenvalue weighted by Crippen LogP contribution is -2.64. The molecule has 0 aromatic heterocycles. The van der Waals surface area contributed by atoms with Gasteiger partial charge in [-0.2, -0.15) is 0 Å². The third-order valence-electron chi connectivity index (χ3n) is 20.0. The first-order valence-corrected chi connectivity index (χ1v) is 43.5. The topological polar surface area (TPSA) is 224 Å². The van der Waals surface area contributed by atoms with Crippen molar-refractivity contribution in [3.8, 4) is 0 Å². The fourth-order valence-electron chi connectivity index (χ4n) is 13.1. The SMILES string of the molecule is CC(=O)OC1O[C@H](COCc2ccccc2)[C@@H](OP(O)O[C@H]2O[C@H](COCc3ccccc3)[C@@H](OP(O)O[C@H]3O[C@H](COCc4ccccc4)[C@@H](O[Si](C)(C)C(C)(C)C)[C@H](OCc4ccccc4)[C@H]3OCc3ccccc3)[C@H](OCc3ccccc3)[C@H]2OCc2ccccc2)[C@H](OCc2ccccc2)[C@H]1OCc1ccccc1. The van der Waals surface area contributed by atoms with Crippen molar-refractivity contribution < 1.29 is 98.7 Å². The van der Waals surface area contributed by atoms with Crippen LogP contribution in [-0.2, 0) is 148 Å². The van der Waals surface area contributed by atoms with E-state index in [0.29, 0.717) is 0 Å². The summed E-state index contributed by atoms with van der Waals surface area (Å²) in [5.41, 5.74) is 7.62. The van der Waals surface area contributed by atoms with E-state index in [9.17, 15) is 14.6 Å². The van der Waals surface area contributed by atoms with Crippen LogP contribution in [0.5, 0.6) is 0 Å². The number of ether oxygens (including phenoxy) is 13. The van der Waals surface area contributed by atoms with Crippen molar-refractivity contribution in [1.29, 1.82) is 0 Å². The molecule has 0 aliphatic carbocycles. The Morgan fingerprint density at radius 2 is 0.540 bits per heavy atom. The number of rotatable bonds is 41. The molecule has 2 N–H and O–H groups in total. The van der Waals surface area contributed by atoms with E-state index in [1.165, 1.54) is 6.92 Å². The van der Waals surface area contributed by atoms with Gasteiger partial charge in [0, 0.05) is 6.92 Å². The molecule has 3 fully saturated rings. The van der Waals surface area contributed by atoms with E-state index in [2.05, 4.69) is 33.9 Å². The molecule has 0 saturated carbocycles. The van der Waals surface area contributed by atoms with E-state index in [-0.39, 0.29) is 84.3 Å². The Morgan fingerprint density at radius 1 is 0.319 bits per heavy atom. The molecule has 0 amide bonds. The lowest BCUT2D eigenvalue weighted by Gasteiger charge is -2.50. The third kappa shape index (κ3) is 25.9. The molecule has 3 saturated heterocycles. The van der Waals surface area contributed by atoms with E-state index >= 15 is 0 Å². The van der Waals surface area contributed by atoms with Gasteiger partial charge in [-0.05, 0) is 68.2 Å². The molecular formula is C89H104O21P2Si. The van der Waals surface area contributed by atoms with Gasteiger partial charge in [0.2, 0.25) is 6.29 Å². The van der Waals surface area contributed by atoms with Crippen LogP contribution in [0.25, 0.3) is 0 Å². The van der Waals surface area contributed by atoms with Crippen molar-refractivity contribution in [2.45, 2.75) is 197 Å². The minimum atomic E-state index is -3.12. The van der Waals surface area contributed by atoms with Gasteiger partial charge in [-0.1, -0.05) is 294 Å². The van der Waals surface area contributed by atoms with Crippen LogP contribution >= 0.6 is 17.2 Å². The summed E-state index contributed by atoms with van der Waals surface area (Å²) < 4.78 is 124. The number of carbonyl (C=O) groups is 1. The monoisotopic (exact) mass is 1600 g/mol. The zero-order chi connectivity index (χ0) is 78.6. The van der Waals surface area contributed by atoms with Gasteiger partial charge in [-0.25, -0.2) is 0 Å². The van der Waals surface area contributed by atoms with Crippen LogP contribution in [0.4, 0.5) is 0 Å². The van der Waals surface area contributed by atoms with Gasteiger partial charge in [0.05, 0.1) is 79.3 Å². The Morgan fingerprint density at radius 3 is 0.796 bits per heavy atom. The average molecular weight is 1600 g/mol. The molecule has 3 aliphatic heterocycles. The molecule has 600 valence electrons. The number of carbonyl (C=O) groups excluding carboxylic acids is 1. The fourth-order valence-corrected chi connectivity index (χ4v) is 16.2. The van der Waals surface area contributed by atoms with E-state index in [4.69, 9.17) is 84.1 Å². The third-order valence-corrected chi connectivity index (χ3v) is 26.1. The molecule has 9 aromatic carbocycles. The van der Waals surface area contributed by atoms with Gasteiger partial charge in [-0.3, -0.25) is 13.8 Å². The van der Waals surface area contributed by atoms with Crippen LogP contribution in [-0.4, -0.2) is 136 Å². The summed E-state index contributed by atoms with van der Waals surface area (Å²) in [7, 11) is -8.91. The molecule has 3 aliphatic rings. The van der Waals surface area contributed by atoms with Gasteiger partial charge in [0.25, 0.3) is 0 Å². The smallest absolute Gasteiger partial charge is 0.332 e. The molecule has 9 aromatic rings. The van der Waals surface area contributed by atoms with Gasteiger partial charge < -0.3 is 84.8 Å². The van der Waals surface area contributed by atoms with E-state index in [0.717, 1.165) is 50.1 Å². The standard InChI is InChI=1S/C89H104O21P2Si/c1-64(90)102-86-83(99-58-71-46-28-13-29-47-71)80(96-55-68-40-22-10-23-41-68)77(74(103-86)61-93-52-65-34-16-7-17-35-65)106-111(91)108-87-84(100-59-72-48-30-14-31-49-72)81(97-56-69-42-24-11-25-43-69)78(75(104-87)62-94-53-66-36-18-8-19-37-66)107-112(92)109-88-85(101-60-73-50-32-15-33-51-73)82(98-57-70-44-26-12-27-45-70)79(110-113(5,6)89(2,3)4)76(105-88)63-95-54-67-38-20-9-21-39-67/h7-51,74-88,91-92H,52-63H2,1-6H3/t74-,75-,76-,77-,78-,79-,80+,81+,82+,83-,84-,85-,86?,87-,88-,111?,112?/m1/s1. The van der Waals surface area contributed by atoms with Crippen molar-refractivity contribution >= 4 is 31.5 Å². The van der Waals surface area contributed by atoms with Gasteiger partial charge >= 0.3 is 23.2 Å². The molecule has 0 spiro atoms. The van der Waals surface area contributed by atoms with Crippen molar-refractivity contribution in [2.75, 3.05) is 19.8 Å². The minimum absolute atomic E-state index is 0.0182. The van der Waals surface area contributed by atoms with Crippen LogP contribution in [0.2, 0.25) is 18.1 Å². The second-order valence-corrected chi connectivity index (χ2v) is 36.0. The quantitative estimate of drug-likeness (QED) is 0.0206. The van der Waals surface area contributed by atoms with Crippen LogP contribution < -0.4 is 0 Å². The molecule has 113 heavy (non-hydrogen) atoms.